The molecule has 0 aliphatic rings. The molecule has 1 aromatic carbocycles. The van der Waals surface area contributed by atoms with Crippen molar-refractivity contribution in [1.29, 1.82) is 0 Å². The highest BCUT2D eigenvalue weighted by atomic mass is 16.5. The molecule has 0 spiro atoms. The summed E-state index contributed by atoms with van der Waals surface area (Å²) in [5, 5.41) is 23.3. The van der Waals surface area contributed by atoms with Gasteiger partial charge in [0.25, 0.3) is 0 Å². The largest absolute Gasteiger partial charge is 0.479 e. The molecule has 1 aromatic heterocycles. The van der Waals surface area contributed by atoms with Crippen LogP contribution in [-0.4, -0.2) is 37.3 Å². The summed E-state index contributed by atoms with van der Waals surface area (Å²) in [6, 6.07) is 9.63. The highest BCUT2D eigenvalue weighted by Gasteiger charge is 2.48. The van der Waals surface area contributed by atoms with Gasteiger partial charge in [-0.15, -0.1) is 10.2 Å². The van der Waals surface area contributed by atoms with E-state index in [2.05, 4.69) is 20.6 Å². The normalized spacial score (nSPS) is 14.5. The number of aromatic amines is 1. The third-order valence-corrected chi connectivity index (χ3v) is 3.14. The molecule has 0 bridgehead atoms. The van der Waals surface area contributed by atoms with E-state index in [1.807, 2.05) is 30.3 Å². The Bertz CT molecular complexity index is 607. The Kier molecular flexibility index (Phi) is 4.56. The van der Waals surface area contributed by atoms with Crippen LogP contribution in [0.25, 0.3) is 0 Å². The molecule has 2 aromatic rings. The van der Waals surface area contributed by atoms with Crippen molar-refractivity contribution in [2.45, 2.75) is 44.8 Å². The van der Waals surface area contributed by atoms with Crippen LogP contribution in [0.2, 0.25) is 0 Å². The number of tetrazole rings is 1. The molecule has 1 atom stereocenters. The number of aromatic nitrogens is 4. The zero-order valence-corrected chi connectivity index (χ0v) is 12.9. The van der Waals surface area contributed by atoms with Crippen molar-refractivity contribution in [3.8, 4) is 0 Å². The van der Waals surface area contributed by atoms with Crippen LogP contribution in [0.5, 0.6) is 0 Å². The van der Waals surface area contributed by atoms with Gasteiger partial charge in [-0.05, 0) is 39.2 Å². The Morgan fingerprint density at radius 3 is 2.45 bits per heavy atom. The van der Waals surface area contributed by atoms with Crippen LogP contribution in [0.15, 0.2) is 30.3 Å². The second-order valence-corrected chi connectivity index (χ2v) is 6.07. The van der Waals surface area contributed by atoms with Crippen LogP contribution in [0.4, 0.5) is 0 Å². The summed E-state index contributed by atoms with van der Waals surface area (Å²) in [5.74, 6) is -1.09. The van der Waals surface area contributed by atoms with Crippen LogP contribution in [-0.2, 0) is 21.6 Å². The zero-order chi connectivity index (χ0) is 16.2. The molecule has 118 valence electrons. The van der Waals surface area contributed by atoms with E-state index in [0.29, 0.717) is 6.42 Å². The van der Waals surface area contributed by atoms with Gasteiger partial charge < -0.3 is 9.84 Å². The number of carbonyl (C=O) groups is 1. The van der Waals surface area contributed by atoms with E-state index in [1.54, 1.807) is 20.8 Å². The molecule has 0 radical (unpaired) electrons. The van der Waals surface area contributed by atoms with Crippen molar-refractivity contribution in [3.05, 3.63) is 41.7 Å². The molecular formula is C15H20N4O3. The van der Waals surface area contributed by atoms with E-state index < -0.39 is 17.2 Å². The Balaban J connectivity index is 2.33. The topological polar surface area (TPSA) is 101 Å². The number of rotatable bonds is 6. The Morgan fingerprint density at radius 1 is 1.27 bits per heavy atom. The molecule has 0 amide bonds. The molecule has 1 unspecified atom stereocenters. The molecule has 0 fully saturated rings. The molecule has 0 aliphatic heterocycles. The zero-order valence-electron chi connectivity index (χ0n) is 12.9. The molecular weight excluding hydrogens is 284 g/mol. The Morgan fingerprint density at radius 2 is 1.95 bits per heavy atom. The maximum atomic E-state index is 12.0. The molecule has 2 rings (SSSR count). The molecule has 7 nitrogen and oxygen atoms in total. The number of carboxylic acid groups (broad SMARTS) is 1. The van der Waals surface area contributed by atoms with Gasteiger partial charge in [0.1, 0.15) is 0 Å². The van der Waals surface area contributed by atoms with Crippen molar-refractivity contribution in [2.75, 3.05) is 0 Å². The van der Waals surface area contributed by atoms with E-state index >= 15 is 0 Å². The summed E-state index contributed by atoms with van der Waals surface area (Å²) < 4.78 is 5.87. The molecule has 22 heavy (non-hydrogen) atoms. The van der Waals surface area contributed by atoms with Crippen molar-refractivity contribution in [2.24, 2.45) is 0 Å². The van der Waals surface area contributed by atoms with Gasteiger partial charge in [0, 0.05) is 0 Å². The molecule has 0 saturated heterocycles. The highest BCUT2D eigenvalue weighted by molar-refractivity contribution is 5.78. The standard InChI is InChI=1S/C15H20N4O3/c1-14(2,3)22-15(13(20)21,12-16-18-19-17-12)10-9-11-7-5-4-6-8-11/h4-8H,9-10H2,1-3H3,(H,20,21)(H,16,17,18,19). The number of hydrogen-bond donors (Lipinski definition) is 2. The summed E-state index contributed by atoms with van der Waals surface area (Å²) in [7, 11) is 0. The van der Waals surface area contributed by atoms with E-state index in [1.165, 1.54) is 0 Å². The number of nitrogens with one attached hydrogen (secondary N) is 1. The first-order valence-corrected chi connectivity index (χ1v) is 7.05. The number of hydrogen-bond acceptors (Lipinski definition) is 5. The Hall–Kier alpha value is -2.28. The van der Waals surface area contributed by atoms with Crippen molar-refractivity contribution in [1.82, 2.24) is 20.6 Å². The van der Waals surface area contributed by atoms with Gasteiger partial charge in [0.15, 0.2) is 0 Å². The quantitative estimate of drug-likeness (QED) is 0.845. The minimum Gasteiger partial charge on any atom is -0.479 e. The van der Waals surface area contributed by atoms with E-state index in [4.69, 9.17) is 4.74 Å². The summed E-state index contributed by atoms with van der Waals surface area (Å²) in [5.41, 5.74) is -1.29. The number of aryl methyl sites for hydroxylation is 1. The molecule has 0 aliphatic carbocycles. The van der Waals surface area contributed by atoms with Gasteiger partial charge >= 0.3 is 5.97 Å². The van der Waals surface area contributed by atoms with Gasteiger partial charge in [-0.25, -0.2) is 4.79 Å². The third kappa shape index (κ3) is 3.67. The number of ether oxygens (including phenoxy) is 1. The average Bonchev–Trinajstić information content (AvgIpc) is 2.97. The molecule has 0 saturated carbocycles. The third-order valence-electron chi connectivity index (χ3n) is 3.14. The van der Waals surface area contributed by atoms with Crippen LogP contribution in [0, 0.1) is 0 Å². The molecule has 7 heteroatoms. The second kappa shape index (κ2) is 6.23. The summed E-state index contributed by atoms with van der Waals surface area (Å²) in [4.78, 5) is 12.0. The first kappa shape index (κ1) is 16.1. The summed E-state index contributed by atoms with van der Waals surface area (Å²) in [6.07, 6.45) is 0.737. The maximum absolute atomic E-state index is 12.0. The lowest BCUT2D eigenvalue weighted by atomic mass is 9.92. The number of carboxylic acids is 1. The predicted octanol–water partition coefficient (Wildman–Crippen LogP) is 1.93. The van der Waals surface area contributed by atoms with Crippen LogP contribution < -0.4 is 0 Å². The number of aliphatic carboxylic acids is 1. The van der Waals surface area contributed by atoms with Crippen LogP contribution >= 0.6 is 0 Å². The van der Waals surface area contributed by atoms with Gasteiger partial charge in [-0.3, -0.25) is 0 Å². The minimum atomic E-state index is -1.64. The van der Waals surface area contributed by atoms with Crippen molar-refractivity contribution >= 4 is 5.97 Å². The smallest absolute Gasteiger partial charge is 0.344 e. The Labute approximate surface area is 128 Å². The lowest BCUT2D eigenvalue weighted by Gasteiger charge is -2.33. The first-order valence-electron chi connectivity index (χ1n) is 7.05. The molecule has 1 heterocycles. The predicted molar refractivity (Wildman–Crippen MR) is 79.1 cm³/mol. The van der Waals surface area contributed by atoms with E-state index in [9.17, 15) is 9.90 Å². The fourth-order valence-corrected chi connectivity index (χ4v) is 2.28. The van der Waals surface area contributed by atoms with Crippen LogP contribution in [0.1, 0.15) is 38.6 Å². The second-order valence-electron chi connectivity index (χ2n) is 6.07. The highest BCUT2D eigenvalue weighted by Crippen LogP contribution is 2.33. The van der Waals surface area contributed by atoms with Crippen molar-refractivity contribution in [3.63, 3.8) is 0 Å². The average molecular weight is 304 g/mol. The van der Waals surface area contributed by atoms with Crippen LogP contribution in [0.3, 0.4) is 0 Å². The minimum absolute atomic E-state index is 0.0332. The monoisotopic (exact) mass is 304 g/mol. The van der Waals surface area contributed by atoms with Crippen molar-refractivity contribution < 1.29 is 14.6 Å². The number of H-pyrrole nitrogens is 1. The maximum Gasteiger partial charge on any atom is 0.344 e. The first-order chi connectivity index (χ1) is 10.3. The van der Waals surface area contributed by atoms with Gasteiger partial charge in [0.05, 0.1) is 5.60 Å². The number of benzene rings is 1. The SMILES string of the molecule is CC(C)(C)OC(CCc1ccccc1)(C(=O)O)c1nn[nH]n1. The summed E-state index contributed by atoms with van der Waals surface area (Å²) in [6.45, 7) is 5.40. The summed E-state index contributed by atoms with van der Waals surface area (Å²) >= 11 is 0. The molecule has 2 N–H and O–H groups in total. The van der Waals surface area contributed by atoms with E-state index in [0.717, 1.165) is 5.56 Å². The van der Waals surface area contributed by atoms with Gasteiger partial charge in [0.2, 0.25) is 11.4 Å². The van der Waals surface area contributed by atoms with E-state index in [-0.39, 0.29) is 12.2 Å². The fraction of sp³-hybridized carbons (Fsp3) is 0.467. The lowest BCUT2D eigenvalue weighted by molar-refractivity contribution is -0.191. The lowest BCUT2D eigenvalue weighted by Crippen LogP contribution is -2.45. The van der Waals surface area contributed by atoms with Gasteiger partial charge in [-0.2, -0.15) is 5.21 Å². The fourth-order valence-electron chi connectivity index (χ4n) is 2.28. The number of nitrogens with zero attached hydrogens (tertiary/aromatic N) is 3. The van der Waals surface area contributed by atoms with Gasteiger partial charge in [-0.1, -0.05) is 35.5 Å².